The van der Waals surface area contributed by atoms with Gasteiger partial charge in [-0.1, -0.05) is 0 Å². The molecule has 0 amide bonds. The molecule has 0 fully saturated rings. The van der Waals surface area contributed by atoms with Gasteiger partial charge in [0.15, 0.2) is 0 Å². The monoisotopic (exact) mass is 197 g/mol. The van der Waals surface area contributed by atoms with Crippen LogP contribution >= 0.6 is 0 Å². The average molecular weight is 197 g/mol. The summed E-state index contributed by atoms with van der Waals surface area (Å²) in [5.41, 5.74) is 6.93. The number of rotatable bonds is 3. The Morgan fingerprint density at radius 1 is 1.50 bits per heavy atom. The Balaban J connectivity index is 3.17. The Bertz CT molecular complexity index is 325. The molecule has 1 atom stereocenters. The van der Waals surface area contributed by atoms with Gasteiger partial charge in [-0.25, -0.2) is 0 Å². The fraction of sp³-hybridized carbons (Fsp3) is 0.400. The van der Waals surface area contributed by atoms with Crippen LogP contribution in [0.2, 0.25) is 0 Å². The number of hydrogen-bond acceptors (Lipinski definition) is 4. The van der Waals surface area contributed by atoms with E-state index < -0.39 is 6.04 Å². The first-order valence-electron chi connectivity index (χ1n) is 4.34. The van der Waals surface area contributed by atoms with Crippen LogP contribution in [0.5, 0.6) is 11.5 Å². The molecule has 0 aliphatic carbocycles. The van der Waals surface area contributed by atoms with Crippen molar-refractivity contribution >= 4 is 0 Å². The molecule has 4 heteroatoms. The molecule has 4 nitrogen and oxygen atoms in total. The Kier molecular flexibility index (Phi) is 3.33. The molecule has 0 aromatic heterocycles. The number of ether oxygens (including phenoxy) is 1. The van der Waals surface area contributed by atoms with Crippen molar-refractivity contribution in [3.63, 3.8) is 0 Å². The molecular formula is C10H15NO3. The van der Waals surface area contributed by atoms with Crippen molar-refractivity contribution in [2.45, 2.75) is 13.0 Å². The number of hydrogen-bond donors (Lipinski definition) is 3. The van der Waals surface area contributed by atoms with Gasteiger partial charge in [0, 0.05) is 5.56 Å². The Hall–Kier alpha value is -1.26. The molecule has 1 aromatic rings. The molecule has 1 aromatic carbocycles. The van der Waals surface area contributed by atoms with E-state index in [0.29, 0.717) is 11.3 Å². The van der Waals surface area contributed by atoms with E-state index in [1.54, 1.807) is 19.2 Å². The summed E-state index contributed by atoms with van der Waals surface area (Å²) in [5, 5.41) is 18.4. The highest BCUT2D eigenvalue weighted by Crippen LogP contribution is 2.30. The molecule has 1 unspecified atom stereocenters. The van der Waals surface area contributed by atoms with Gasteiger partial charge in [-0.15, -0.1) is 0 Å². The second-order valence-electron chi connectivity index (χ2n) is 3.17. The molecule has 1 rings (SSSR count). The van der Waals surface area contributed by atoms with Gasteiger partial charge in [-0.2, -0.15) is 0 Å². The molecule has 0 saturated carbocycles. The highest BCUT2D eigenvalue weighted by Gasteiger charge is 2.12. The highest BCUT2D eigenvalue weighted by molar-refractivity contribution is 5.46. The fourth-order valence-electron chi connectivity index (χ4n) is 1.30. The third kappa shape index (κ3) is 1.97. The zero-order chi connectivity index (χ0) is 10.7. The summed E-state index contributed by atoms with van der Waals surface area (Å²) in [6.07, 6.45) is 0. The van der Waals surface area contributed by atoms with Crippen LogP contribution in [0, 0.1) is 6.92 Å². The molecular weight excluding hydrogens is 182 g/mol. The van der Waals surface area contributed by atoms with Crippen LogP contribution in [-0.4, -0.2) is 23.9 Å². The number of aromatic hydroxyl groups is 1. The lowest BCUT2D eigenvalue weighted by molar-refractivity contribution is 0.265. The largest absolute Gasteiger partial charge is 0.508 e. The summed E-state index contributed by atoms with van der Waals surface area (Å²) in [7, 11) is 1.55. The predicted molar refractivity (Wildman–Crippen MR) is 53.4 cm³/mol. The predicted octanol–water partition coefficient (Wildman–Crippen LogP) is 0.701. The third-order valence-electron chi connectivity index (χ3n) is 2.14. The number of benzene rings is 1. The van der Waals surface area contributed by atoms with Gasteiger partial charge in [0.25, 0.3) is 0 Å². The second kappa shape index (κ2) is 4.30. The van der Waals surface area contributed by atoms with E-state index >= 15 is 0 Å². The lowest BCUT2D eigenvalue weighted by atomic mass is 10.0. The van der Waals surface area contributed by atoms with Crippen molar-refractivity contribution in [2.75, 3.05) is 13.7 Å². The summed E-state index contributed by atoms with van der Waals surface area (Å²) in [4.78, 5) is 0. The molecule has 0 saturated heterocycles. The van der Waals surface area contributed by atoms with Crippen LogP contribution in [0.25, 0.3) is 0 Å². The number of nitrogens with two attached hydrogens (primary N) is 1. The van der Waals surface area contributed by atoms with Gasteiger partial charge in [0.2, 0.25) is 0 Å². The minimum Gasteiger partial charge on any atom is -0.508 e. The van der Waals surface area contributed by atoms with E-state index in [2.05, 4.69) is 0 Å². The Morgan fingerprint density at radius 2 is 2.14 bits per heavy atom. The molecule has 0 bridgehead atoms. The summed E-state index contributed by atoms with van der Waals surface area (Å²) < 4.78 is 5.09. The van der Waals surface area contributed by atoms with Crippen molar-refractivity contribution in [1.29, 1.82) is 0 Å². The molecule has 0 radical (unpaired) electrons. The first-order valence-corrected chi connectivity index (χ1v) is 4.34. The quantitative estimate of drug-likeness (QED) is 0.666. The van der Waals surface area contributed by atoms with Crippen molar-refractivity contribution in [2.24, 2.45) is 5.73 Å². The van der Waals surface area contributed by atoms with Crippen molar-refractivity contribution < 1.29 is 14.9 Å². The third-order valence-corrected chi connectivity index (χ3v) is 2.14. The Labute approximate surface area is 82.9 Å². The molecule has 0 spiro atoms. The number of phenolic OH excluding ortho intramolecular Hbond substituents is 1. The van der Waals surface area contributed by atoms with Gasteiger partial charge in [-0.3, -0.25) is 0 Å². The SMILES string of the molecule is COc1cc(C(N)CO)c(O)cc1C. The van der Waals surface area contributed by atoms with Crippen molar-refractivity contribution in [3.8, 4) is 11.5 Å². The van der Waals surface area contributed by atoms with E-state index in [1.807, 2.05) is 6.92 Å². The van der Waals surface area contributed by atoms with Gasteiger partial charge < -0.3 is 20.7 Å². The maximum atomic E-state index is 9.57. The average Bonchev–Trinajstić information content (AvgIpc) is 2.17. The maximum absolute atomic E-state index is 9.57. The standard InChI is InChI=1S/C10H15NO3/c1-6-3-9(13)7(8(11)5-12)4-10(6)14-2/h3-4,8,12-13H,5,11H2,1-2H3. The maximum Gasteiger partial charge on any atom is 0.122 e. The fourth-order valence-corrected chi connectivity index (χ4v) is 1.30. The lowest BCUT2D eigenvalue weighted by Gasteiger charge is -2.13. The van der Waals surface area contributed by atoms with Crippen LogP contribution < -0.4 is 10.5 Å². The van der Waals surface area contributed by atoms with Crippen molar-refractivity contribution in [1.82, 2.24) is 0 Å². The summed E-state index contributed by atoms with van der Waals surface area (Å²) in [6, 6.07) is 2.64. The van der Waals surface area contributed by atoms with E-state index in [9.17, 15) is 5.11 Å². The zero-order valence-corrected chi connectivity index (χ0v) is 8.32. The van der Waals surface area contributed by atoms with Crippen LogP contribution in [-0.2, 0) is 0 Å². The molecule has 0 aliphatic heterocycles. The van der Waals surface area contributed by atoms with Gasteiger partial charge >= 0.3 is 0 Å². The number of phenols is 1. The van der Waals surface area contributed by atoms with Gasteiger partial charge in [-0.05, 0) is 24.6 Å². The van der Waals surface area contributed by atoms with Crippen LogP contribution in [0.4, 0.5) is 0 Å². The molecule has 14 heavy (non-hydrogen) atoms. The normalized spacial score (nSPS) is 12.6. The van der Waals surface area contributed by atoms with E-state index in [4.69, 9.17) is 15.6 Å². The van der Waals surface area contributed by atoms with Gasteiger partial charge in [0.05, 0.1) is 19.8 Å². The number of aliphatic hydroxyl groups is 1. The Morgan fingerprint density at radius 3 is 2.64 bits per heavy atom. The first kappa shape index (κ1) is 10.8. The van der Waals surface area contributed by atoms with E-state index in [0.717, 1.165) is 5.56 Å². The molecule has 0 aliphatic rings. The summed E-state index contributed by atoms with van der Waals surface area (Å²) >= 11 is 0. The van der Waals surface area contributed by atoms with Gasteiger partial charge in [0.1, 0.15) is 11.5 Å². The summed E-state index contributed by atoms with van der Waals surface area (Å²) in [5.74, 6) is 0.742. The second-order valence-corrected chi connectivity index (χ2v) is 3.17. The van der Waals surface area contributed by atoms with Crippen LogP contribution in [0.3, 0.4) is 0 Å². The number of methoxy groups -OCH3 is 1. The van der Waals surface area contributed by atoms with E-state index in [-0.39, 0.29) is 12.4 Å². The van der Waals surface area contributed by atoms with Crippen LogP contribution in [0.15, 0.2) is 12.1 Å². The first-order chi connectivity index (χ1) is 6.60. The summed E-state index contributed by atoms with van der Waals surface area (Å²) in [6.45, 7) is 1.62. The highest BCUT2D eigenvalue weighted by atomic mass is 16.5. The topological polar surface area (TPSA) is 75.7 Å². The zero-order valence-electron chi connectivity index (χ0n) is 8.32. The lowest BCUT2D eigenvalue weighted by Crippen LogP contribution is -2.14. The molecule has 4 N–H and O–H groups in total. The van der Waals surface area contributed by atoms with Crippen molar-refractivity contribution in [3.05, 3.63) is 23.3 Å². The van der Waals surface area contributed by atoms with Crippen LogP contribution in [0.1, 0.15) is 17.2 Å². The number of aliphatic hydroxyl groups excluding tert-OH is 1. The molecule has 0 heterocycles. The minimum absolute atomic E-state index is 0.0878. The molecule has 78 valence electrons. The number of aryl methyl sites for hydroxylation is 1. The smallest absolute Gasteiger partial charge is 0.122 e. The minimum atomic E-state index is -0.579. The van der Waals surface area contributed by atoms with E-state index in [1.165, 1.54) is 0 Å².